The van der Waals surface area contributed by atoms with Gasteiger partial charge in [-0.3, -0.25) is 9.89 Å². The number of carbonyl (C=O) groups is 1. The lowest BCUT2D eigenvalue weighted by molar-refractivity contribution is -0.150. The first-order valence-corrected chi connectivity index (χ1v) is 8.34. The van der Waals surface area contributed by atoms with E-state index in [0.29, 0.717) is 19.6 Å². The van der Waals surface area contributed by atoms with E-state index >= 15 is 0 Å². The number of aliphatic hydroxyl groups excluding tert-OH is 1. The van der Waals surface area contributed by atoms with Crippen LogP contribution in [-0.2, 0) is 16.0 Å². The third-order valence-electron chi connectivity index (χ3n) is 4.40. The first-order valence-electron chi connectivity index (χ1n) is 8.34. The van der Waals surface area contributed by atoms with Crippen LogP contribution < -0.4 is 0 Å². The molecule has 0 radical (unpaired) electrons. The van der Waals surface area contributed by atoms with Crippen LogP contribution in [0.25, 0.3) is 0 Å². The van der Waals surface area contributed by atoms with Crippen LogP contribution in [0.5, 0.6) is 0 Å². The molecular weight excluding hydrogens is 306 g/mol. The highest BCUT2D eigenvalue weighted by atomic mass is 16.5. The van der Waals surface area contributed by atoms with Gasteiger partial charge in [-0.1, -0.05) is 30.3 Å². The summed E-state index contributed by atoms with van der Waals surface area (Å²) in [7, 11) is 0. The third kappa shape index (κ3) is 3.83. The van der Waals surface area contributed by atoms with Crippen molar-refractivity contribution in [2.24, 2.45) is 0 Å². The van der Waals surface area contributed by atoms with Gasteiger partial charge in [-0.25, -0.2) is 0 Å². The van der Waals surface area contributed by atoms with E-state index in [1.165, 1.54) is 0 Å². The van der Waals surface area contributed by atoms with Gasteiger partial charge in [0.05, 0.1) is 25.5 Å². The number of aliphatic hydroxyl groups is 1. The summed E-state index contributed by atoms with van der Waals surface area (Å²) in [6.07, 6.45) is 5.35. The largest absolute Gasteiger partial charge is 0.394 e. The van der Waals surface area contributed by atoms with Gasteiger partial charge < -0.3 is 14.7 Å². The topological polar surface area (TPSA) is 78.5 Å². The maximum absolute atomic E-state index is 12.7. The van der Waals surface area contributed by atoms with Gasteiger partial charge in [0.1, 0.15) is 6.10 Å². The Balaban J connectivity index is 1.67. The molecule has 0 saturated carbocycles. The lowest BCUT2D eigenvalue weighted by Crippen LogP contribution is -2.49. The Kier molecular flexibility index (Phi) is 5.61. The molecule has 6 heteroatoms. The molecule has 1 fully saturated rings. The van der Waals surface area contributed by atoms with E-state index in [-0.39, 0.29) is 24.7 Å². The zero-order valence-electron chi connectivity index (χ0n) is 13.6. The molecule has 0 aliphatic carbocycles. The number of hydrogen-bond donors (Lipinski definition) is 2. The highest BCUT2D eigenvalue weighted by molar-refractivity contribution is 5.77. The summed E-state index contributed by atoms with van der Waals surface area (Å²) in [5.74, 6) is 0.106. The lowest BCUT2D eigenvalue weighted by atomic mass is 9.97. The number of H-pyrrole nitrogens is 1. The molecular formula is C18H23N3O3. The van der Waals surface area contributed by atoms with E-state index in [2.05, 4.69) is 10.2 Å². The minimum absolute atomic E-state index is 0.0988. The van der Waals surface area contributed by atoms with Crippen molar-refractivity contribution in [1.29, 1.82) is 0 Å². The number of aryl methyl sites for hydroxylation is 1. The number of amides is 1. The molecule has 6 nitrogen and oxygen atoms in total. The molecule has 2 heterocycles. The molecule has 3 rings (SSSR count). The van der Waals surface area contributed by atoms with Gasteiger partial charge in [-0.15, -0.1) is 0 Å². The van der Waals surface area contributed by atoms with Gasteiger partial charge in [0.25, 0.3) is 0 Å². The van der Waals surface area contributed by atoms with Crippen LogP contribution in [0.4, 0.5) is 0 Å². The fourth-order valence-electron chi connectivity index (χ4n) is 3.21. The number of nitrogens with one attached hydrogen (secondary N) is 1. The molecule has 1 aliphatic rings. The number of rotatable bonds is 6. The second-order valence-corrected chi connectivity index (χ2v) is 5.99. The Labute approximate surface area is 141 Å². The summed E-state index contributed by atoms with van der Waals surface area (Å²) in [6.45, 7) is 0.918. The van der Waals surface area contributed by atoms with Crippen LogP contribution in [0.15, 0.2) is 42.7 Å². The second-order valence-electron chi connectivity index (χ2n) is 5.99. The van der Waals surface area contributed by atoms with Crippen LogP contribution in [0, 0.1) is 0 Å². The van der Waals surface area contributed by atoms with Crippen molar-refractivity contribution >= 4 is 5.91 Å². The molecule has 2 atom stereocenters. The Bertz CT molecular complexity index is 630. The molecule has 2 N–H and O–H groups in total. The summed E-state index contributed by atoms with van der Waals surface area (Å²) in [5.41, 5.74) is 2.11. The maximum Gasteiger partial charge on any atom is 0.223 e. The summed E-state index contributed by atoms with van der Waals surface area (Å²) < 4.78 is 5.68. The molecule has 24 heavy (non-hydrogen) atoms. The Morgan fingerprint density at radius 2 is 2.21 bits per heavy atom. The Morgan fingerprint density at radius 3 is 2.92 bits per heavy atom. The number of morpholine rings is 1. The highest BCUT2D eigenvalue weighted by Crippen LogP contribution is 2.30. The van der Waals surface area contributed by atoms with E-state index in [1.807, 2.05) is 41.4 Å². The summed E-state index contributed by atoms with van der Waals surface area (Å²) in [4.78, 5) is 14.6. The van der Waals surface area contributed by atoms with Crippen molar-refractivity contribution in [1.82, 2.24) is 15.1 Å². The average molecular weight is 329 g/mol. The van der Waals surface area contributed by atoms with Gasteiger partial charge in [0.2, 0.25) is 5.91 Å². The quantitative estimate of drug-likeness (QED) is 0.845. The number of ether oxygens (including phenoxy) is 1. The zero-order valence-corrected chi connectivity index (χ0v) is 13.6. The van der Waals surface area contributed by atoms with Crippen molar-refractivity contribution in [2.45, 2.75) is 31.4 Å². The standard InChI is InChI=1S/C18H23N3O3/c22-13-16-18(15-6-2-1-3-7-15)21(9-10-24-16)17(23)8-4-5-14-11-19-20-12-14/h1-3,6-7,11-12,16,18,22H,4-5,8-10,13H2,(H,19,20)/t16-,18-/m0/s1. The van der Waals surface area contributed by atoms with E-state index in [1.54, 1.807) is 6.20 Å². The highest BCUT2D eigenvalue weighted by Gasteiger charge is 2.35. The summed E-state index contributed by atoms with van der Waals surface area (Å²) >= 11 is 0. The van der Waals surface area contributed by atoms with Crippen molar-refractivity contribution in [3.8, 4) is 0 Å². The SMILES string of the molecule is O=C(CCCc1cn[nH]c1)N1CCO[C@@H](CO)[C@@H]1c1ccccc1. The van der Waals surface area contributed by atoms with Crippen molar-refractivity contribution in [2.75, 3.05) is 19.8 Å². The minimum atomic E-state index is -0.376. The number of carbonyl (C=O) groups excluding carboxylic acids is 1. The van der Waals surface area contributed by atoms with Crippen molar-refractivity contribution in [3.05, 3.63) is 53.9 Å². The van der Waals surface area contributed by atoms with Crippen LogP contribution in [0.3, 0.4) is 0 Å². The van der Waals surface area contributed by atoms with Gasteiger partial charge in [0.15, 0.2) is 0 Å². The second kappa shape index (κ2) is 8.08. The smallest absolute Gasteiger partial charge is 0.223 e. The van der Waals surface area contributed by atoms with Gasteiger partial charge in [-0.05, 0) is 24.0 Å². The van der Waals surface area contributed by atoms with E-state index in [9.17, 15) is 9.90 Å². The minimum Gasteiger partial charge on any atom is -0.394 e. The maximum atomic E-state index is 12.7. The number of hydrogen-bond acceptors (Lipinski definition) is 4. The average Bonchev–Trinajstić information content (AvgIpc) is 3.15. The third-order valence-corrected chi connectivity index (χ3v) is 4.40. The molecule has 1 aromatic carbocycles. The molecule has 0 unspecified atom stereocenters. The van der Waals surface area contributed by atoms with E-state index in [0.717, 1.165) is 24.0 Å². The molecule has 1 saturated heterocycles. The fraction of sp³-hybridized carbons (Fsp3) is 0.444. The molecule has 0 bridgehead atoms. The lowest BCUT2D eigenvalue weighted by Gasteiger charge is -2.41. The van der Waals surface area contributed by atoms with Gasteiger partial charge >= 0.3 is 0 Å². The number of aromatic amines is 1. The first kappa shape index (κ1) is 16.7. The number of aromatic nitrogens is 2. The van der Waals surface area contributed by atoms with Crippen LogP contribution in [0.2, 0.25) is 0 Å². The van der Waals surface area contributed by atoms with Gasteiger partial charge in [0, 0.05) is 19.2 Å². The summed E-state index contributed by atoms with van der Waals surface area (Å²) in [6, 6.07) is 9.56. The van der Waals surface area contributed by atoms with Crippen molar-refractivity contribution < 1.29 is 14.6 Å². The van der Waals surface area contributed by atoms with Crippen LogP contribution in [-0.4, -0.2) is 52.0 Å². The predicted octanol–water partition coefficient (Wildman–Crippen LogP) is 1.69. The molecule has 1 aliphatic heterocycles. The zero-order chi connectivity index (χ0) is 16.8. The van der Waals surface area contributed by atoms with E-state index in [4.69, 9.17) is 4.74 Å². The number of nitrogens with zero attached hydrogens (tertiary/aromatic N) is 2. The predicted molar refractivity (Wildman–Crippen MR) is 89.2 cm³/mol. The number of benzene rings is 1. The van der Waals surface area contributed by atoms with Gasteiger partial charge in [-0.2, -0.15) is 5.10 Å². The first-order chi connectivity index (χ1) is 11.8. The molecule has 1 amide bonds. The van der Waals surface area contributed by atoms with Crippen LogP contribution in [0.1, 0.15) is 30.0 Å². The molecule has 128 valence electrons. The van der Waals surface area contributed by atoms with E-state index < -0.39 is 0 Å². The monoisotopic (exact) mass is 329 g/mol. The molecule has 0 spiro atoms. The van der Waals surface area contributed by atoms with Crippen molar-refractivity contribution in [3.63, 3.8) is 0 Å². The molecule has 2 aromatic rings. The van der Waals surface area contributed by atoms with Crippen LogP contribution >= 0.6 is 0 Å². The normalized spacial score (nSPS) is 21.0. The summed E-state index contributed by atoms with van der Waals surface area (Å²) in [5, 5.41) is 16.4. The Hall–Kier alpha value is -2.18. The molecule has 1 aromatic heterocycles. The fourth-order valence-corrected chi connectivity index (χ4v) is 3.21. The Morgan fingerprint density at radius 1 is 1.38 bits per heavy atom.